The first-order valence-corrected chi connectivity index (χ1v) is 9.24. The fourth-order valence-electron chi connectivity index (χ4n) is 3.57. The standard InChI is InChI=1S/C18H26N6O4/c1-11(2)7-9-24-13-14(21(3)18(28)22(4)15(13)25)20-16(24)23-8-5-6-12(10-23)19-17(26)27/h7,12,19H,5-6,8-10H2,1-4H3,(H,26,27). The highest BCUT2D eigenvalue weighted by molar-refractivity contribution is 5.75. The Morgan fingerprint density at radius 3 is 2.64 bits per heavy atom. The van der Waals surface area contributed by atoms with Gasteiger partial charge in [0.25, 0.3) is 5.56 Å². The Labute approximate surface area is 161 Å². The third-order valence-electron chi connectivity index (χ3n) is 5.04. The van der Waals surface area contributed by atoms with Gasteiger partial charge in [-0.15, -0.1) is 0 Å². The summed E-state index contributed by atoms with van der Waals surface area (Å²) in [6, 6.07) is -0.213. The van der Waals surface area contributed by atoms with Gasteiger partial charge in [-0.1, -0.05) is 11.6 Å². The predicted molar refractivity (Wildman–Crippen MR) is 106 cm³/mol. The number of imidazole rings is 1. The van der Waals surface area contributed by atoms with Crippen LogP contribution in [0, 0.1) is 0 Å². The lowest BCUT2D eigenvalue weighted by Gasteiger charge is -2.33. The Hall–Kier alpha value is -3.04. The van der Waals surface area contributed by atoms with E-state index < -0.39 is 17.3 Å². The smallest absolute Gasteiger partial charge is 0.404 e. The summed E-state index contributed by atoms with van der Waals surface area (Å²) in [4.78, 5) is 42.8. The number of aromatic nitrogens is 4. The highest BCUT2D eigenvalue weighted by Gasteiger charge is 2.27. The maximum atomic E-state index is 12.8. The largest absolute Gasteiger partial charge is 0.465 e. The van der Waals surface area contributed by atoms with Crippen LogP contribution in [0.4, 0.5) is 10.7 Å². The first kappa shape index (κ1) is 19.7. The van der Waals surface area contributed by atoms with Crippen molar-refractivity contribution in [3.63, 3.8) is 0 Å². The normalized spacial score (nSPS) is 17.0. The summed E-state index contributed by atoms with van der Waals surface area (Å²) in [5.74, 6) is 0.572. The van der Waals surface area contributed by atoms with E-state index in [1.165, 1.54) is 11.6 Å². The van der Waals surface area contributed by atoms with Crippen molar-refractivity contribution in [1.82, 2.24) is 24.0 Å². The second-order valence-electron chi connectivity index (χ2n) is 7.42. The van der Waals surface area contributed by atoms with Crippen LogP contribution in [0.3, 0.4) is 0 Å². The van der Waals surface area contributed by atoms with Crippen LogP contribution in [0.1, 0.15) is 26.7 Å². The Bertz CT molecular complexity index is 1060. The van der Waals surface area contributed by atoms with E-state index in [1.807, 2.05) is 29.4 Å². The molecule has 2 N–H and O–H groups in total. The molecule has 0 bridgehead atoms. The summed E-state index contributed by atoms with van der Waals surface area (Å²) in [7, 11) is 3.05. The van der Waals surface area contributed by atoms with E-state index in [2.05, 4.69) is 10.3 Å². The number of allylic oxidation sites excluding steroid dienone is 2. The summed E-state index contributed by atoms with van der Waals surface area (Å²) in [5, 5.41) is 11.6. The van der Waals surface area contributed by atoms with Gasteiger partial charge in [0.1, 0.15) is 0 Å². The van der Waals surface area contributed by atoms with Crippen molar-refractivity contribution < 1.29 is 9.90 Å². The van der Waals surface area contributed by atoms with Crippen LogP contribution in [0.15, 0.2) is 21.2 Å². The Kier molecular flexibility index (Phi) is 5.30. The fraction of sp³-hybridized carbons (Fsp3) is 0.556. The summed E-state index contributed by atoms with van der Waals surface area (Å²) < 4.78 is 4.27. The van der Waals surface area contributed by atoms with Crippen molar-refractivity contribution in [1.29, 1.82) is 0 Å². The molecule has 1 fully saturated rings. The molecule has 28 heavy (non-hydrogen) atoms. The molecule has 0 spiro atoms. The van der Waals surface area contributed by atoms with Gasteiger partial charge in [0.05, 0.1) is 0 Å². The number of hydrogen-bond acceptors (Lipinski definition) is 5. The first-order valence-electron chi connectivity index (χ1n) is 9.24. The molecule has 152 valence electrons. The molecule has 1 atom stereocenters. The monoisotopic (exact) mass is 390 g/mol. The van der Waals surface area contributed by atoms with E-state index in [0.717, 1.165) is 23.0 Å². The minimum absolute atomic E-state index is 0.213. The van der Waals surface area contributed by atoms with E-state index in [1.54, 1.807) is 7.05 Å². The molecule has 1 unspecified atom stereocenters. The van der Waals surface area contributed by atoms with Crippen molar-refractivity contribution in [3.8, 4) is 0 Å². The van der Waals surface area contributed by atoms with E-state index in [0.29, 0.717) is 36.7 Å². The minimum Gasteiger partial charge on any atom is -0.465 e. The van der Waals surface area contributed by atoms with Crippen LogP contribution in [-0.2, 0) is 20.6 Å². The van der Waals surface area contributed by atoms with Crippen LogP contribution in [0.25, 0.3) is 11.2 Å². The summed E-state index contributed by atoms with van der Waals surface area (Å²) in [5.41, 5.74) is 0.971. The fourth-order valence-corrected chi connectivity index (χ4v) is 3.57. The predicted octanol–water partition coefficient (Wildman–Crippen LogP) is 0.636. The molecule has 1 aliphatic rings. The van der Waals surface area contributed by atoms with Crippen molar-refractivity contribution >= 4 is 23.2 Å². The van der Waals surface area contributed by atoms with Gasteiger partial charge in [0.2, 0.25) is 5.95 Å². The number of piperidine rings is 1. The highest BCUT2D eigenvalue weighted by atomic mass is 16.4. The second-order valence-corrected chi connectivity index (χ2v) is 7.42. The van der Waals surface area contributed by atoms with Gasteiger partial charge in [0.15, 0.2) is 11.2 Å². The lowest BCUT2D eigenvalue weighted by molar-refractivity contribution is 0.188. The Morgan fingerprint density at radius 2 is 2.00 bits per heavy atom. The SMILES string of the molecule is CC(C)=CCn1c(N2CCCC(NC(=O)O)C2)nc2c1c(=O)n(C)c(=O)n2C. The molecular weight excluding hydrogens is 364 g/mol. The van der Waals surface area contributed by atoms with Crippen LogP contribution >= 0.6 is 0 Å². The highest BCUT2D eigenvalue weighted by Crippen LogP contribution is 2.23. The molecule has 0 aliphatic carbocycles. The molecule has 3 heterocycles. The average molecular weight is 390 g/mol. The summed E-state index contributed by atoms with van der Waals surface area (Å²) in [6.07, 6.45) is 2.48. The molecule has 0 radical (unpaired) electrons. The van der Waals surface area contributed by atoms with Crippen LogP contribution < -0.4 is 21.5 Å². The topological polar surface area (TPSA) is 114 Å². The molecule has 1 saturated heterocycles. The molecule has 10 nitrogen and oxygen atoms in total. The number of fused-ring (bicyclic) bond motifs is 1. The van der Waals surface area contributed by atoms with E-state index in [-0.39, 0.29) is 6.04 Å². The number of aryl methyl sites for hydroxylation is 1. The quantitative estimate of drug-likeness (QED) is 0.741. The van der Waals surface area contributed by atoms with Crippen LogP contribution in [-0.4, -0.2) is 49.0 Å². The third kappa shape index (κ3) is 3.54. The molecule has 1 amide bonds. The van der Waals surface area contributed by atoms with Crippen LogP contribution in [0.5, 0.6) is 0 Å². The average Bonchev–Trinajstić information content (AvgIpc) is 3.02. The second kappa shape index (κ2) is 7.53. The minimum atomic E-state index is -1.05. The number of nitrogens with one attached hydrogen (secondary N) is 1. The molecule has 2 aromatic rings. The lowest BCUT2D eigenvalue weighted by Crippen LogP contribution is -2.48. The molecule has 3 rings (SSSR count). The van der Waals surface area contributed by atoms with Gasteiger partial charge >= 0.3 is 11.8 Å². The number of amides is 1. The maximum absolute atomic E-state index is 12.8. The van der Waals surface area contributed by atoms with Crippen molar-refractivity contribution in [2.24, 2.45) is 14.1 Å². The number of carboxylic acid groups (broad SMARTS) is 1. The molecule has 1 aliphatic heterocycles. The first-order chi connectivity index (χ1) is 13.2. The van der Waals surface area contributed by atoms with E-state index in [4.69, 9.17) is 5.11 Å². The van der Waals surface area contributed by atoms with Crippen molar-refractivity contribution in [3.05, 3.63) is 32.5 Å². The summed E-state index contributed by atoms with van der Waals surface area (Å²) in [6.45, 7) is 5.54. The number of nitrogens with zero attached hydrogens (tertiary/aromatic N) is 5. The number of rotatable bonds is 4. The zero-order valence-electron chi connectivity index (χ0n) is 16.6. The van der Waals surface area contributed by atoms with Crippen molar-refractivity contribution in [2.45, 2.75) is 39.3 Å². The van der Waals surface area contributed by atoms with Gasteiger partial charge in [-0.2, -0.15) is 4.98 Å². The molecule has 0 saturated carbocycles. The number of hydrogen-bond donors (Lipinski definition) is 2. The molecule has 10 heteroatoms. The lowest BCUT2D eigenvalue weighted by atomic mass is 10.1. The molecular formula is C18H26N6O4. The Balaban J connectivity index is 2.17. The van der Waals surface area contributed by atoms with Crippen molar-refractivity contribution in [2.75, 3.05) is 18.0 Å². The van der Waals surface area contributed by atoms with Gasteiger partial charge < -0.3 is 19.9 Å². The van der Waals surface area contributed by atoms with Gasteiger partial charge in [-0.25, -0.2) is 9.59 Å². The number of anilines is 1. The van der Waals surface area contributed by atoms with Gasteiger partial charge in [-0.05, 0) is 26.7 Å². The zero-order valence-corrected chi connectivity index (χ0v) is 16.6. The van der Waals surface area contributed by atoms with E-state index in [9.17, 15) is 14.4 Å². The summed E-state index contributed by atoms with van der Waals surface area (Å²) >= 11 is 0. The maximum Gasteiger partial charge on any atom is 0.404 e. The molecule has 0 aromatic carbocycles. The van der Waals surface area contributed by atoms with Crippen LogP contribution in [0.2, 0.25) is 0 Å². The molecule has 2 aromatic heterocycles. The Morgan fingerprint density at radius 1 is 1.29 bits per heavy atom. The van der Waals surface area contributed by atoms with Gasteiger partial charge in [0, 0.05) is 39.8 Å². The van der Waals surface area contributed by atoms with E-state index >= 15 is 0 Å². The zero-order chi connectivity index (χ0) is 20.6. The number of carbonyl (C=O) groups is 1. The third-order valence-corrected chi connectivity index (χ3v) is 5.04. The van der Waals surface area contributed by atoms with Gasteiger partial charge in [-0.3, -0.25) is 13.9 Å².